The highest BCUT2D eigenvalue weighted by molar-refractivity contribution is 6.41. The molecule has 1 aromatic heterocycles. The van der Waals surface area contributed by atoms with Crippen molar-refractivity contribution in [1.82, 2.24) is 10.2 Å². The van der Waals surface area contributed by atoms with Crippen molar-refractivity contribution in [3.63, 3.8) is 0 Å². The molecule has 0 amide bonds. The molecule has 0 unspecified atom stereocenters. The minimum absolute atomic E-state index is 0.191. The maximum atomic E-state index is 12.1. The number of hydrogen-bond donors (Lipinski definition) is 1. The fourth-order valence-electron chi connectivity index (χ4n) is 1.16. The highest BCUT2D eigenvalue weighted by Crippen LogP contribution is 2.32. The molecule has 1 aromatic carbocycles. The quantitative estimate of drug-likeness (QED) is 0.782. The first-order valence-corrected chi connectivity index (χ1v) is 6.04. The molecule has 1 heterocycles. The van der Waals surface area contributed by atoms with Crippen LogP contribution >= 0.6 is 23.2 Å². The molecule has 0 spiro atoms. The van der Waals surface area contributed by atoms with Crippen LogP contribution < -0.4 is 5.73 Å². The second-order valence-corrected chi connectivity index (χ2v) is 4.51. The number of aromatic nitrogens is 2. The summed E-state index contributed by atoms with van der Waals surface area (Å²) in [7, 11) is 0. The van der Waals surface area contributed by atoms with Crippen molar-refractivity contribution in [1.29, 1.82) is 0 Å². The van der Waals surface area contributed by atoms with Crippen LogP contribution in [0.25, 0.3) is 0 Å². The van der Waals surface area contributed by atoms with E-state index in [4.69, 9.17) is 28.9 Å². The lowest BCUT2D eigenvalue weighted by atomic mass is 10.2. The summed E-state index contributed by atoms with van der Waals surface area (Å²) in [5, 5.41) is 7.74. The van der Waals surface area contributed by atoms with Gasteiger partial charge in [0.25, 0.3) is 0 Å². The van der Waals surface area contributed by atoms with Crippen molar-refractivity contribution in [2.24, 2.45) is 0 Å². The molecule has 108 valence electrons. The van der Waals surface area contributed by atoms with Crippen molar-refractivity contribution in [3.8, 4) is 0 Å². The van der Waals surface area contributed by atoms with Gasteiger partial charge in [-0.05, 0) is 25.1 Å². The van der Waals surface area contributed by atoms with Crippen LogP contribution in [-0.2, 0) is 6.18 Å². The van der Waals surface area contributed by atoms with Crippen molar-refractivity contribution < 1.29 is 13.2 Å². The van der Waals surface area contributed by atoms with E-state index in [9.17, 15) is 13.2 Å². The van der Waals surface area contributed by atoms with Crippen molar-refractivity contribution >= 4 is 29.0 Å². The van der Waals surface area contributed by atoms with Crippen LogP contribution in [0.5, 0.6) is 0 Å². The molecule has 0 fully saturated rings. The summed E-state index contributed by atoms with van der Waals surface area (Å²) >= 11 is 11.2. The van der Waals surface area contributed by atoms with Gasteiger partial charge in [0.15, 0.2) is 5.82 Å². The van der Waals surface area contributed by atoms with Crippen LogP contribution in [0.1, 0.15) is 11.3 Å². The van der Waals surface area contributed by atoms with Crippen LogP contribution in [0.2, 0.25) is 10.0 Å². The molecule has 0 saturated carbocycles. The SMILES string of the molecule is Cc1cc(C(F)(F)F)c(N)nn1.Clc1ccccc1Cl. The minimum atomic E-state index is -4.45. The molecule has 0 atom stereocenters. The van der Waals surface area contributed by atoms with Crippen LogP contribution in [0.3, 0.4) is 0 Å². The predicted molar refractivity (Wildman–Crippen MR) is 72.6 cm³/mol. The van der Waals surface area contributed by atoms with Gasteiger partial charge in [0.2, 0.25) is 0 Å². The summed E-state index contributed by atoms with van der Waals surface area (Å²) in [4.78, 5) is 0. The standard InChI is InChI=1S/C6H4Cl2.C6H6F3N3/c7-5-3-1-2-4-6(5)8;1-3-2-4(6(7,8)9)5(10)12-11-3/h1-4H;2H,1H3,(H2,10,12). The number of aryl methyl sites for hydroxylation is 1. The monoisotopic (exact) mass is 323 g/mol. The van der Waals surface area contributed by atoms with E-state index in [1.54, 1.807) is 12.1 Å². The second-order valence-electron chi connectivity index (χ2n) is 3.70. The molecule has 20 heavy (non-hydrogen) atoms. The topological polar surface area (TPSA) is 51.8 Å². The lowest BCUT2D eigenvalue weighted by molar-refractivity contribution is -0.137. The van der Waals surface area contributed by atoms with Gasteiger partial charge in [-0.2, -0.15) is 18.3 Å². The van der Waals surface area contributed by atoms with Crippen LogP contribution in [0.15, 0.2) is 30.3 Å². The first kappa shape index (κ1) is 16.5. The Kier molecular flexibility index (Phi) is 5.59. The zero-order valence-electron chi connectivity index (χ0n) is 10.2. The minimum Gasteiger partial charge on any atom is -0.382 e. The zero-order valence-corrected chi connectivity index (χ0v) is 11.8. The largest absolute Gasteiger partial charge is 0.420 e. The van der Waals surface area contributed by atoms with Crippen molar-refractivity contribution in [2.45, 2.75) is 13.1 Å². The van der Waals surface area contributed by atoms with Crippen LogP contribution in [0, 0.1) is 6.92 Å². The smallest absolute Gasteiger partial charge is 0.382 e. The van der Waals surface area contributed by atoms with Gasteiger partial charge in [-0.1, -0.05) is 35.3 Å². The normalized spacial score (nSPS) is 10.7. The van der Waals surface area contributed by atoms with Crippen LogP contribution in [-0.4, -0.2) is 10.2 Å². The highest BCUT2D eigenvalue weighted by Gasteiger charge is 2.34. The molecule has 0 aliphatic carbocycles. The average molecular weight is 324 g/mol. The number of nitrogens with two attached hydrogens (primary N) is 1. The number of nitrogens with zero attached hydrogens (tertiary/aromatic N) is 2. The summed E-state index contributed by atoms with van der Waals surface area (Å²) in [5.41, 5.74) is 4.24. The first-order valence-electron chi connectivity index (χ1n) is 5.29. The number of nitrogen functional groups attached to an aromatic ring is 1. The van der Waals surface area contributed by atoms with E-state index in [1.807, 2.05) is 12.1 Å². The number of hydrogen-bond acceptors (Lipinski definition) is 3. The Morgan fingerprint density at radius 1 is 1.05 bits per heavy atom. The first-order chi connectivity index (χ1) is 9.21. The maximum absolute atomic E-state index is 12.1. The third kappa shape index (κ3) is 4.86. The van der Waals surface area contributed by atoms with Crippen molar-refractivity contribution in [3.05, 3.63) is 51.6 Å². The Labute approximate surface area is 123 Å². The number of benzene rings is 1. The summed E-state index contributed by atoms with van der Waals surface area (Å²) < 4.78 is 36.2. The van der Waals surface area contributed by atoms with E-state index >= 15 is 0 Å². The lowest BCUT2D eigenvalue weighted by Crippen LogP contribution is -2.11. The second kappa shape index (κ2) is 6.76. The van der Waals surface area contributed by atoms with E-state index in [1.165, 1.54) is 6.92 Å². The number of alkyl halides is 3. The molecule has 2 aromatic rings. The molecule has 3 nitrogen and oxygen atoms in total. The molecule has 0 radical (unpaired) electrons. The van der Waals surface area contributed by atoms with Gasteiger partial charge in [-0.15, -0.1) is 5.10 Å². The molecule has 2 rings (SSSR count). The van der Waals surface area contributed by atoms with Gasteiger partial charge in [-0.3, -0.25) is 0 Å². The van der Waals surface area contributed by atoms with E-state index in [0.717, 1.165) is 6.07 Å². The van der Waals surface area contributed by atoms with E-state index in [2.05, 4.69) is 10.2 Å². The molecule has 2 N–H and O–H groups in total. The number of halogens is 5. The Morgan fingerprint density at radius 3 is 1.90 bits per heavy atom. The van der Waals surface area contributed by atoms with Gasteiger partial charge >= 0.3 is 6.18 Å². The van der Waals surface area contributed by atoms with Gasteiger partial charge < -0.3 is 5.73 Å². The van der Waals surface area contributed by atoms with Gasteiger partial charge in [0, 0.05) is 0 Å². The molecule has 0 bridgehead atoms. The molecule has 0 aliphatic rings. The Bertz CT molecular complexity index is 567. The average Bonchev–Trinajstić information content (AvgIpc) is 2.35. The van der Waals surface area contributed by atoms with E-state index in [-0.39, 0.29) is 5.69 Å². The molecular weight excluding hydrogens is 314 g/mol. The summed E-state index contributed by atoms with van der Waals surface area (Å²) in [6, 6.07) is 8.05. The highest BCUT2D eigenvalue weighted by atomic mass is 35.5. The zero-order chi connectivity index (χ0) is 15.3. The Hall–Kier alpha value is -1.53. The molecule has 8 heteroatoms. The Balaban J connectivity index is 0.000000217. The summed E-state index contributed by atoms with van der Waals surface area (Å²) in [6.45, 7) is 1.42. The van der Waals surface area contributed by atoms with Gasteiger partial charge in [0.05, 0.1) is 15.7 Å². The van der Waals surface area contributed by atoms with Crippen LogP contribution in [0.4, 0.5) is 19.0 Å². The predicted octanol–water partition coefficient (Wildman–Crippen LogP) is 4.38. The third-order valence-corrected chi connectivity index (χ3v) is 2.83. The summed E-state index contributed by atoms with van der Waals surface area (Å²) in [5.74, 6) is -0.590. The third-order valence-electron chi connectivity index (χ3n) is 2.07. The van der Waals surface area contributed by atoms with E-state index < -0.39 is 17.6 Å². The van der Waals surface area contributed by atoms with Gasteiger partial charge in [-0.25, -0.2) is 0 Å². The fraction of sp³-hybridized carbons (Fsp3) is 0.167. The van der Waals surface area contributed by atoms with E-state index in [0.29, 0.717) is 10.0 Å². The maximum Gasteiger partial charge on any atom is 0.420 e. The number of anilines is 1. The molecule has 0 saturated heterocycles. The van der Waals surface area contributed by atoms with Gasteiger partial charge in [0.1, 0.15) is 5.56 Å². The lowest BCUT2D eigenvalue weighted by Gasteiger charge is -2.07. The Morgan fingerprint density at radius 2 is 1.55 bits per heavy atom. The van der Waals surface area contributed by atoms with Crippen molar-refractivity contribution in [2.75, 3.05) is 5.73 Å². The number of rotatable bonds is 0. The molecular formula is C12H10Cl2F3N3. The molecule has 0 aliphatic heterocycles. The summed E-state index contributed by atoms with van der Waals surface area (Å²) in [6.07, 6.45) is -4.45. The fourth-order valence-corrected chi connectivity index (χ4v) is 1.44.